The van der Waals surface area contributed by atoms with E-state index in [9.17, 15) is 27.5 Å². The molecule has 1 fully saturated rings. The van der Waals surface area contributed by atoms with Crippen molar-refractivity contribution in [3.8, 4) is 0 Å². The van der Waals surface area contributed by atoms with Crippen LogP contribution in [0, 0.1) is 5.82 Å². The van der Waals surface area contributed by atoms with E-state index >= 15 is 0 Å². The quantitative estimate of drug-likeness (QED) is 0.620. The number of carbonyl (C=O) groups is 2. The third-order valence-electron chi connectivity index (χ3n) is 4.51. The minimum atomic E-state index is -4.47. The Morgan fingerprint density at radius 1 is 1.37 bits per heavy atom. The minimum Gasteiger partial charge on any atom is -0.461 e. The van der Waals surface area contributed by atoms with Crippen LogP contribution in [0.5, 0.6) is 0 Å². The lowest BCUT2D eigenvalue weighted by Gasteiger charge is -2.29. The second kappa shape index (κ2) is 8.52. The second-order valence-electron chi connectivity index (χ2n) is 8.18. The van der Waals surface area contributed by atoms with Crippen LogP contribution in [-0.2, 0) is 26.5 Å². The van der Waals surface area contributed by atoms with Gasteiger partial charge in [0.2, 0.25) is 10.0 Å². The number of aromatic nitrogens is 1. The molecule has 1 aliphatic heterocycles. The maximum Gasteiger partial charge on any atom is 0.410 e. The zero-order valence-corrected chi connectivity index (χ0v) is 18.5. The molecule has 0 aromatic carbocycles. The van der Waals surface area contributed by atoms with Gasteiger partial charge in [-0.05, 0) is 34.1 Å². The van der Waals surface area contributed by atoms with Gasteiger partial charge in [-0.25, -0.2) is 27.1 Å². The molecule has 12 heteroatoms. The van der Waals surface area contributed by atoms with E-state index in [4.69, 9.17) is 9.47 Å². The molecule has 2 N–H and O–H groups in total. The maximum atomic E-state index is 14.8. The number of aryl methyl sites for hydroxylation is 1. The number of esters is 1. The first-order chi connectivity index (χ1) is 13.7. The molecule has 0 bridgehead atoms. The smallest absolute Gasteiger partial charge is 0.410 e. The summed E-state index contributed by atoms with van der Waals surface area (Å²) in [7, 11) is -3.16. The predicted octanol–water partition coefficient (Wildman–Crippen LogP) is 0.991. The highest BCUT2D eigenvalue weighted by Gasteiger charge is 2.45. The van der Waals surface area contributed by atoms with Gasteiger partial charge in [-0.3, -0.25) is 0 Å². The number of hydrogen-bond acceptors (Lipinski definition) is 7. The molecule has 0 saturated carbocycles. The van der Waals surface area contributed by atoms with E-state index in [0.717, 1.165) is 10.8 Å². The third-order valence-corrected chi connectivity index (χ3v) is 6.07. The molecule has 170 valence electrons. The van der Waals surface area contributed by atoms with Crippen LogP contribution in [-0.4, -0.2) is 72.5 Å². The van der Waals surface area contributed by atoms with Gasteiger partial charge in [-0.1, -0.05) is 0 Å². The molecule has 1 aromatic heterocycles. The number of amides is 1. The lowest BCUT2D eigenvalue weighted by Crippen LogP contribution is -2.53. The van der Waals surface area contributed by atoms with Gasteiger partial charge >= 0.3 is 12.1 Å². The largest absolute Gasteiger partial charge is 0.461 e. The summed E-state index contributed by atoms with van der Waals surface area (Å²) in [5.74, 6) is -2.24. The molecule has 30 heavy (non-hydrogen) atoms. The summed E-state index contributed by atoms with van der Waals surface area (Å²) in [5, 5.41) is 9.87. The number of nitrogens with one attached hydrogen (secondary N) is 1. The van der Waals surface area contributed by atoms with Crippen molar-refractivity contribution in [2.75, 3.05) is 26.3 Å². The third kappa shape index (κ3) is 5.10. The molecule has 0 unspecified atom stereocenters. The predicted molar refractivity (Wildman–Crippen MR) is 104 cm³/mol. The van der Waals surface area contributed by atoms with Crippen LogP contribution in [0.3, 0.4) is 0 Å². The van der Waals surface area contributed by atoms with Crippen molar-refractivity contribution >= 4 is 22.1 Å². The van der Waals surface area contributed by atoms with Crippen molar-refractivity contribution in [1.82, 2.24) is 14.2 Å². The summed E-state index contributed by atoms with van der Waals surface area (Å²) in [4.78, 5) is 24.7. The minimum absolute atomic E-state index is 0.00207. The molecule has 1 amide bonds. The molecule has 2 heterocycles. The Labute approximate surface area is 175 Å². The van der Waals surface area contributed by atoms with Crippen molar-refractivity contribution in [3.05, 3.63) is 17.7 Å². The van der Waals surface area contributed by atoms with Gasteiger partial charge in [0.15, 0.2) is 11.5 Å². The van der Waals surface area contributed by atoms with Crippen LogP contribution in [0.15, 0.2) is 11.1 Å². The molecule has 1 aromatic rings. The van der Waals surface area contributed by atoms with Gasteiger partial charge < -0.3 is 24.0 Å². The van der Waals surface area contributed by atoms with E-state index < -0.39 is 56.2 Å². The highest BCUT2D eigenvalue weighted by atomic mass is 32.2. The first-order valence-corrected chi connectivity index (χ1v) is 10.9. The number of sulfonamides is 1. The normalized spacial score (nSPS) is 19.8. The fraction of sp³-hybridized carbons (Fsp3) is 0.667. The van der Waals surface area contributed by atoms with Crippen molar-refractivity contribution in [2.24, 2.45) is 7.05 Å². The Morgan fingerprint density at radius 3 is 2.53 bits per heavy atom. The number of hydrogen-bond donors (Lipinski definition) is 2. The highest BCUT2D eigenvalue weighted by Crippen LogP contribution is 2.27. The Balaban J connectivity index is 2.27. The van der Waals surface area contributed by atoms with Crippen molar-refractivity contribution in [3.63, 3.8) is 0 Å². The first-order valence-electron chi connectivity index (χ1n) is 9.40. The maximum absolute atomic E-state index is 14.8. The van der Waals surface area contributed by atoms with Crippen molar-refractivity contribution < 1.29 is 37.0 Å². The van der Waals surface area contributed by atoms with Gasteiger partial charge in [-0.15, -0.1) is 0 Å². The topological polar surface area (TPSA) is 127 Å². The number of aliphatic hydroxyl groups excluding tert-OH is 1. The Kier molecular flexibility index (Phi) is 6.84. The summed E-state index contributed by atoms with van der Waals surface area (Å²) < 4.78 is 53.8. The highest BCUT2D eigenvalue weighted by molar-refractivity contribution is 7.89. The Hall–Kier alpha value is -2.18. The zero-order valence-electron chi connectivity index (χ0n) is 17.7. The molecule has 2 rings (SSSR count). The van der Waals surface area contributed by atoms with Crippen molar-refractivity contribution in [1.29, 1.82) is 0 Å². The standard InChI is InChI=1S/C18H28FN3O7S/c1-6-28-15(24)14-13(19)12(9-21(14)5)30(26,27)20-18(11-23)7-8-22(10-18)16(25)29-17(2,3)4/h9,20,23H,6-8,10-11H2,1-5H3/t18-/m1/s1. The number of rotatable bonds is 6. The SMILES string of the molecule is CCOC(=O)c1c(F)c(S(=O)(=O)N[C@]2(CO)CCN(C(=O)OC(C)(C)C)C2)cn1C. The van der Waals surface area contributed by atoms with Crippen LogP contribution in [0.25, 0.3) is 0 Å². The van der Waals surface area contributed by atoms with Crippen molar-refractivity contribution in [2.45, 2.75) is 50.2 Å². The summed E-state index contributed by atoms with van der Waals surface area (Å²) >= 11 is 0. The molecular formula is C18H28FN3O7S. The lowest BCUT2D eigenvalue weighted by atomic mass is 10.0. The van der Waals surface area contributed by atoms with Gasteiger partial charge in [0.25, 0.3) is 0 Å². The summed E-state index contributed by atoms with van der Waals surface area (Å²) in [6.07, 6.45) is 0.406. The van der Waals surface area contributed by atoms with E-state index in [-0.39, 0.29) is 26.1 Å². The number of likely N-dealkylation sites (tertiary alicyclic amines) is 1. The first kappa shape index (κ1) is 24.1. The molecule has 0 aliphatic carbocycles. The van der Waals surface area contributed by atoms with Crippen LogP contribution in [0.1, 0.15) is 44.6 Å². The number of halogens is 1. The zero-order chi connectivity index (χ0) is 22.9. The van der Waals surface area contributed by atoms with E-state index in [1.807, 2.05) is 0 Å². The molecular weight excluding hydrogens is 421 g/mol. The summed E-state index contributed by atoms with van der Waals surface area (Å²) in [6, 6.07) is 0. The molecule has 1 atom stereocenters. The van der Waals surface area contributed by atoms with E-state index in [0.29, 0.717) is 0 Å². The van der Waals surface area contributed by atoms with Gasteiger partial charge in [0, 0.05) is 26.3 Å². The molecule has 0 radical (unpaired) electrons. The second-order valence-corrected chi connectivity index (χ2v) is 9.83. The van der Waals surface area contributed by atoms with Gasteiger partial charge in [0.1, 0.15) is 10.5 Å². The summed E-state index contributed by atoms with van der Waals surface area (Å²) in [6.45, 7) is 6.00. The molecule has 0 spiro atoms. The summed E-state index contributed by atoms with van der Waals surface area (Å²) in [5.41, 5.74) is -2.68. The van der Waals surface area contributed by atoms with Crippen LogP contribution in [0.4, 0.5) is 9.18 Å². The Bertz CT molecular complexity index is 923. The average molecular weight is 450 g/mol. The van der Waals surface area contributed by atoms with Crippen LogP contribution < -0.4 is 4.72 Å². The van der Waals surface area contributed by atoms with E-state index in [2.05, 4.69) is 4.72 Å². The fourth-order valence-electron chi connectivity index (χ4n) is 3.13. The lowest BCUT2D eigenvalue weighted by molar-refractivity contribution is 0.0274. The van der Waals surface area contributed by atoms with E-state index in [1.165, 1.54) is 11.9 Å². The van der Waals surface area contributed by atoms with Crippen LogP contribution >= 0.6 is 0 Å². The van der Waals surface area contributed by atoms with E-state index in [1.54, 1.807) is 27.7 Å². The number of nitrogens with zero attached hydrogens (tertiary/aromatic N) is 2. The van der Waals surface area contributed by atoms with Gasteiger partial charge in [-0.2, -0.15) is 0 Å². The number of carbonyl (C=O) groups excluding carboxylic acids is 2. The van der Waals surface area contributed by atoms with Gasteiger partial charge in [0.05, 0.1) is 18.8 Å². The number of aliphatic hydroxyl groups is 1. The average Bonchev–Trinajstić information content (AvgIpc) is 3.15. The number of ether oxygens (including phenoxy) is 2. The molecule has 1 saturated heterocycles. The Morgan fingerprint density at radius 2 is 2.00 bits per heavy atom. The fourth-order valence-corrected chi connectivity index (χ4v) is 4.67. The van der Waals surface area contributed by atoms with Crippen LogP contribution in [0.2, 0.25) is 0 Å². The monoisotopic (exact) mass is 449 g/mol. The molecule has 10 nitrogen and oxygen atoms in total. The molecule has 1 aliphatic rings.